The van der Waals surface area contributed by atoms with Crippen LogP contribution in [0.25, 0.3) is 0 Å². The summed E-state index contributed by atoms with van der Waals surface area (Å²) in [6.07, 6.45) is 1.16. The van der Waals surface area contributed by atoms with Crippen molar-refractivity contribution in [2.24, 2.45) is 0 Å². The van der Waals surface area contributed by atoms with Gasteiger partial charge in [0.1, 0.15) is 6.61 Å². The van der Waals surface area contributed by atoms with Gasteiger partial charge in [-0.3, -0.25) is 4.79 Å². The minimum Gasteiger partial charge on any atom is -0.375 e. The van der Waals surface area contributed by atoms with Crippen LogP contribution in [0.1, 0.15) is 18.5 Å². The van der Waals surface area contributed by atoms with Crippen LogP contribution in [0.4, 0.5) is 0 Å². The zero-order valence-electron chi connectivity index (χ0n) is 10.6. The lowest BCUT2D eigenvalue weighted by atomic mass is 10.1. The molecular formula is C12H17NO4S. The number of methoxy groups -OCH3 is 1. The van der Waals surface area contributed by atoms with E-state index in [9.17, 15) is 13.2 Å². The number of hydrogen-bond acceptors (Lipinski definition) is 4. The number of hydrogen-bond donors (Lipinski definition) is 1. The number of carbonyl (C=O) groups excluding carboxylic acids is 1. The number of benzene rings is 1. The van der Waals surface area contributed by atoms with Gasteiger partial charge in [0.2, 0.25) is 5.91 Å². The SMILES string of the molecule is COCC(=O)N[C@H](C)c1ccc(S(C)(=O)=O)cc1. The molecule has 0 saturated carbocycles. The Hall–Kier alpha value is -1.40. The van der Waals surface area contributed by atoms with Gasteiger partial charge >= 0.3 is 0 Å². The topological polar surface area (TPSA) is 72.5 Å². The number of ether oxygens (including phenoxy) is 1. The van der Waals surface area contributed by atoms with Crippen LogP contribution in [0.15, 0.2) is 29.2 Å². The minimum atomic E-state index is -3.18. The molecule has 1 atom stereocenters. The third-order valence-corrected chi connectivity index (χ3v) is 3.59. The fraction of sp³-hybridized carbons (Fsp3) is 0.417. The molecule has 0 bridgehead atoms. The van der Waals surface area contributed by atoms with Gasteiger partial charge in [-0.2, -0.15) is 0 Å². The first-order chi connectivity index (χ1) is 8.34. The van der Waals surface area contributed by atoms with Crippen molar-refractivity contribution in [3.05, 3.63) is 29.8 Å². The molecule has 0 spiro atoms. The Morgan fingerprint density at radius 3 is 2.33 bits per heavy atom. The summed E-state index contributed by atoms with van der Waals surface area (Å²) in [5, 5.41) is 2.74. The summed E-state index contributed by atoms with van der Waals surface area (Å²) in [7, 11) is -1.73. The highest BCUT2D eigenvalue weighted by Gasteiger charge is 2.11. The fourth-order valence-corrected chi connectivity index (χ4v) is 2.13. The first-order valence-corrected chi connectivity index (χ1v) is 7.32. The summed E-state index contributed by atoms with van der Waals surface area (Å²) in [5.41, 5.74) is 0.840. The average molecular weight is 271 g/mol. The van der Waals surface area contributed by atoms with Crippen LogP contribution < -0.4 is 5.32 Å². The molecule has 1 amide bonds. The highest BCUT2D eigenvalue weighted by atomic mass is 32.2. The van der Waals surface area contributed by atoms with Gasteiger partial charge in [-0.05, 0) is 24.6 Å². The zero-order chi connectivity index (χ0) is 13.8. The van der Waals surface area contributed by atoms with E-state index in [0.717, 1.165) is 11.8 Å². The molecule has 0 fully saturated rings. The summed E-state index contributed by atoms with van der Waals surface area (Å²) in [5.74, 6) is -0.211. The Labute approximate surface area is 107 Å². The molecule has 100 valence electrons. The molecule has 18 heavy (non-hydrogen) atoms. The van der Waals surface area contributed by atoms with Crippen LogP contribution in [-0.2, 0) is 19.4 Å². The average Bonchev–Trinajstić information content (AvgIpc) is 2.28. The predicted molar refractivity (Wildman–Crippen MR) is 68.0 cm³/mol. The zero-order valence-corrected chi connectivity index (χ0v) is 11.5. The highest BCUT2D eigenvalue weighted by molar-refractivity contribution is 7.90. The van der Waals surface area contributed by atoms with E-state index >= 15 is 0 Å². The van der Waals surface area contributed by atoms with Crippen molar-refractivity contribution in [2.75, 3.05) is 20.0 Å². The largest absolute Gasteiger partial charge is 0.375 e. The molecule has 0 aromatic heterocycles. The Morgan fingerprint density at radius 2 is 1.89 bits per heavy atom. The van der Waals surface area contributed by atoms with Crippen molar-refractivity contribution in [3.8, 4) is 0 Å². The second-order valence-electron chi connectivity index (χ2n) is 4.06. The van der Waals surface area contributed by atoms with Gasteiger partial charge in [-0.1, -0.05) is 12.1 Å². The van der Waals surface area contributed by atoms with Crippen LogP contribution in [-0.4, -0.2) is 34.3 Å². The van der Waals surface area contributed by atoms with Gasteiger partial charge in [-0.15, -0.1) is 0 Å². The smallest absolute Gasteiger partial charge is 0.246 e. The van der Waals surface area contributed by atoms with E-state index in [1.165, 1.54) is 19.2 Å². The molecule has 1 rings (SSSR count). The van der Waals surface area contributed by atoms with Crippen LogP contribution in [0, 0.1) is 0 Å². The van der Waals surface area contributed by atoms with Crippen LogP contribution in [0.3, 0.4) is 0 Å². The maximum absolute atomic E-state index is 11.3. The van der Waals surface area contributed by atoms with Crippen molar-refractivity contribution in [3.63, 3.8) is 0 Å². The van der Waals surface area contributed by atoms with E-state index in [-0.39, 0.29) is 23.5 Å². The number of carbonyl (C=O) groups is 1. The lowest BCUT2D eigenvalue weighted by Gasteiger charge is -2.14. The Kier molecular flexibility index (Phi) is 4.86. The van der Waals surface area contributed by atoms with E-state index in [1.54, 1.807) is 12.1 Å². The van der Waals surface area contributed by atoms with Gasteiger partial charge in [0, 0.05) is 13.4 Å². The van der Waals surface area contributed by atoms with Crippen LogP contribution >= 0.6 is 0 Å². The minimum absolute atomic E-state index is 0.00572. The second-order valence-corrected chi connectivity index (χ2v) is 6.08. The van der Waals surface area contributed by atoms with E-state index in [4.69, 9.17) is 4.74 Å². The van der Waals surface area contributed by atoms with Gasteiger partial charge in [0.25, 0.3) is 0 Å². The molecule has 0 aliphatic heterocycles. The Balaban J connectivity index is 2.76. The molecule has 0 unspecified atom stereocenters. The van der Waals surface area contributed by atoms with E-state index in [1.807, 2.05) is 6.92 Å². The maximum atomic E-state index is 11.3. The fourth-order valence-electron chi connectivity index (χ4n) is 1.50. The van der Waals surface area contributed by atoms with E-state index in [2.05, 4.69) is 5.32 Å². The number of nitrogens with one attached hydrogen (secondary N) is 1. The third kappa shape index (κ3) is 4.12. The molecule has 6 heteroatoms. The normalized spacial score (nSPS) is 13.1. The standard InChI is InChI=1S/C12H17NO4S/c1-9(13-12(14)8-17-2)10-4-6-11(7-5-10)18(3,15)16/h4-7,9H,8H2,1-3H3,(H,13,14)/t9-/m1/s1. The molecule has 1 aromatic rings. The third-order valence-electron chi connectivity index (χ3n) is 2.46. The molecule has 0 heterocycles. The summed E-state index contributed by atoms with van der Waals surface area (Å²) in [6, 6.07) is 6.25. The van der Waals surface area contributed by atoms with Crippen LogP contribution in [0.2, 0.25) is 0 Å². The van der Waals surface area contributed by atoms with Gasteiger partial charge in [-0.25, -0.2) is 8.42 Å². The number of rotatable bonds is 5. The molecule has 0 aliphatic carbocycles. The first-order valence-electron chi connectivity index (χ1n) is 5.43. The molecule has 1 aromatic carbocycles. The predicted octanol–water partition coefficient (Wildman–Crippen LogP) is 0.914. The second kappa shape index (κ2) is 5.97. The molecule has 0 saturated heterocycles. The van der Waals surface area contributed by atoms with Crippen molar-refractivity contribution >= 4 is 15.7 Å². The summed E-state index contributed by atoms with van der Waals surface area (Å²) in [6.45, 7) is 1.83. The van der Waals surface area contributed by atoms with Gasteiger partial charge < -0.3 is 10.1 Å². The summed E-state index contributed by atoms with van der Waals surface area (Å²) >= 11 is 0. The lowest BCUT2D eigenvalue weighted by Crippen LogP contribution is -2.29. The summed E-state index contributed by atoms with van der Waals surface area (Å²) < 4.78 is 27.3. The van der Waals surface area contributed by atoms with E-state index in [0.29, 0.717) is 0 Å². The van der Waals surface area contributed by atoms with Crippen LogP contribution in [0.5, 0.6) is 0 Å². The molecule has 0 aliphatic rings. The van der Waals surface area contributed by atoms with Crippen molar-refractivity contribution in [1.29, 1.82) is 0 Å². The van der Waals surface area contributed by atoms with E-state index < -0.39 is 9.84 Å². The maximum Gasteiger partial charge on any atom is 0.246 e. The molecule has 5 nitrogen and oxygen atoms in total. The quantitative estimate of drug-likeness (QED) is 0.864. The summed E-state index contributed by atoms with van der Waals surface area (Å²) in [4.78, 5) is 11.6. The van der Waals surface area contributed by atoms with Crippen molar-refractivity contribution in [2.45, 2.75) is 17.9 Å². The van der Waals surface area contributed by atoms with Crippen molar-refractivity contribution in [1.82, 2.24) is 5.32 Å². The van der Waals surface area contributed by atoms with Gasteiger partial charge in [0.05, 0.1) is 10.9 Å². The number of sulfone groups is 1. The monoisotopic (exact) mass is 271 g/mol. The highest BCUT2D eigenvalue weighted by Crippen LogP contribution is 2.16. The molecule has 1 N–H and O–H groups in total. The lowest BCUT2D eigenvalue weighted by molar-refractivity contribution is -0.125. The first kappa shape index (κ1) is 14.7. The molecular weight excluding hydrogens is 254 g/mol. The van der Waals surface area contributed by atoms with Gasteiger partial charge in [0.15, 0.2) is 9.84 Å². The molecule has 0 radical (unpaired) electrons. The number of amides is 1. The Bertz CT molecular complexity index is 507. The van der Waals surface area contributed by atoms with Crippen molar-refractivity contribution < 1.29 is 17.9 Å². The Morgan fingerprint density at radius 1 is 1.33 bits per heavy atom.